The molecule has 1 aromatic carbocycles. The zero-order valence-corrected chi connectivity index (χ0v) is 11.7. The number of carbonyl (C=O) groups is 2. The summed E-state index contributed by atoms with van der Waals surface area (Å²) in [5.74, 6) is 0.135. The summed E-state index contributed by atoms with van der Waals surface area (Å²) in [5.41, 5.74) is 2.43. The molecule has 0 aliphatic carbocycles. The molecule has 0 bridgehead atoms. The SMILES string of the molecule is Cc1nc(CN2C(=O)Cc3cc(C(=O)O)ccc32)oc1C. The Bertz CT molecular complexity index is 729. The Kier molecular flexibility index (Phi) is 3.01. The van der Waals surface area contributed by atoms with Gasteiger partial charge in [0, 0.05) is 5.69 Å². The van der Waals surface area contributed by atoms with Crippen LogP contribution in [0, 0.1) is 13.8 Å². The second-order valence-corrected chi connectivity index (χ2v) is 5.05. The van der Waals surface area contributed by atoms with E-state index >= 15 is 0 Å². The molecule has 108 valence electrons. The van der Waals surface area contributed by atoms with Crippen LogP contribution in [-0.2, 0) is 17.8 Å². The lowest BCUT2D eigenvalue weighted by Gasteiger charge is -2.15. The summed E-state index contributed by atoms with van der Waals surface area (Å²) in [6, 6.07) is 4.70. The van der Waals surface area contributed by atoms with Crippen LogP contribution in [0.25, 0.3) is 0 Å². The first-order valence-electron chi connectivity index (χ1n) is 6.55. The molecule has 1 aliphatic rings. The first-order chi connectivity index (χ1) is 9.95. The molecule has 2 aromatic rings. The lowest BCUT2D eigenvalue weighted by atomic mass is 10.1. The molecule has 0 spiro atoms. The number of nitrogens with zero attached hydrogens (tertiary/aromatic N) is 2. The molecular weight excluding hydrogens is 272 g/mol. The number of hydrogen-bond acceptors (Lipinski definition) is 4. The van der Waals surface area contributed by atoms with Crippen molar-refractivity contribution in [1.29, 1.82) is 0 Å². The predicted molar refractivity (Wildman–Crippen MR) is 74.3 cm³/mol. The Balaban J connectivity index is 1.92. The maximum absolute atomic E-state index is 12.1. The summed E-state index contributed by atoms with van der Waals surface area (Å²) in [5, 5.41) is 8.99. The Morgan fingerprint density at radius 3 is 2.81 bits per heavy atom. The van der Waals surface area contributed by atoms with Crippen molar-refractivity contribution in [2.45, 2.75) is 26.8 Å². The number of carboxylic acid groups (broad SMARTS) is 1. The van der Waals surface area contributed by atoms with Crippen LogP contribution in [0.3, 0.4) is 0 Å². The molecule has 1 aromatic heterocycles. The minimum Gasteiger partial charge on any atom is -0.478 e. The number of fused-ring (bicyclic) bond motifs is 1. The summed E-state index contributed by atoms with van der Waals surface area (Å²) < 4.78 is 5.50. The van der Waals surface area contributed by atoms with Gasteiger partial charge in [0.1, 0.15) is 12.3 Å². The maximum atomic E-state index is 12.1. The van der Waals surface area contributed by atoms with Gasteiger partial charge < -0.3 is 14.4 Å². The van der Waals surface area contributed by atoms with Gasteiger partial charge >= 0.3 is 5.97 Å². The molecule has 0 saturated carbocycles. The van der Waals surface area contributed by atoms with E-state index in [9.17, 15) is 9.59 Å². The summed E-state index contributed by atoms with van der Waals surface area (Å²) in [7, 11) is 0. The minimum absolute atomic E-state index is 0.0824. The van der Waals surface area contributed by atoms with Crippen molar-refractivity contribution in [3.63, 3.8) is 0 Å². The van der Waals surface area contributed by atoms with Crippen molar-refractivity contribution in [3.05, 3.63) is 46.7 Å². The van der Waals surface area contributed by atoms with Gasteiger partial charge in [-0.3, -0.25) is 4.79 Å². The maximum Gasteiger partial charge on any atom is 0.335 e. The Labute approximate surface area is 121 Å². The molecule has 1 amide bonds. The number of benzene rings is 1. The minimum atomic E-state index is -0.998. The summed E-state index contributed by atoms with van der Waals surface area (Å²) in [6.07, 6.45) is 0.203. The second-order valence-electron chi connectivity index (χ2n) is 5.05. The highest BCUT2D eigenvalue weighted by Crippen LogP contribution is 2.31. The number of aromatic nitrogens is 1. The van der Waals surface area contributed by atoms with E-state index in [1.54, 1.807) is 17.0 Å². The van der Waals surface area contributed by atoms with E-state index in [0.717, 1.165) is 22.7 Å². The van der Waals surface area contributed by atoms with Gasteiger partial charge in [0.2, 0.25) is 11.8 Å². The van der Waals surface area contributed by atoms with E-state index in [1.165, 1.54) is 6.07 Å². The van der Waals surface area contributed by atoms with E-state index in [0.29, 0.717) is 5.89 Å². The van der Waals surface area contributed by atoms with Gasteiger partial charge in [-0.1, -0.05) is 0 Å². The molecule has 0 fully saturated rings. The smallest absolute Gasteiger partial charge is 0.335 e. The van der Waals surface area contributed by atoms with Gasteiger partial charge in [-0.05, 0) is 37.6 Å². The Hall–Kier alpha value is -2.63. The van der Waals surface area contributed by atoms with Crippen molar-refractivity contribution < 1.29 is 19.1 Å². The number of anilines is 1. The van der Waals surface area contributed by atoms with E-state index < -0.39 is 5.97 Å². The van der Waals surface area contributed by atoms with Crippen LogP contribution in [0.15, 0.2) is 22.6 Å². The van der Waals surface area contributed by atoms with Crippen LogP contribution in [0.2, 0.25) is 0 Å². The molecule has 1 N–H and O–H groups in total. The third-order valence-electron chi connectivity index (χ3n) is 3.63. The largest absolute Gasteiger partial charge is 0.478 e. The molecule has 3 rings (SSSR count). The van der Waals surface area contributed by atoms with Crippen LogP contribution >= 0.6 is 0 Å². The summed E-state index contributed by atoms with van der Waals surface area (Å²) in [6.45, 7) is 3.93. The van der Waals surface area contributed by atoms with Gasteiger partial charge in [-0.25, -0.2) is 9.78 Å². The van der Waals surface area contributed by atoms with Crippen LogP contribution in [0.4, 0.5) is 5.69 Å². The second kappa shape index (κ2) is 4.73. The molecule has 2 heterocycles. The zero-order valence-electron chi connectivity index (χ0n) is 11.7. The highest BCUT2D eigenvalue weighted by atomic mass is 16.4. The molecule has 6 heteroatoms. The molecular formula is C15H14N2O4. The molecule has 0 saturated heterocycles. The fraction of sp³-hybridized carbons (Fsp3) is 0.267. The van der Waals surface area contributed by atoms with Gasteiger partial charge in [0.25, 0.3) is 0 Å². The number of aromatic carboxylic acids is 1. The van der Waals surface area contributed by atoms with Crippen molar-refractivity contribution in [1.82, 2.24) is 4.98 Å². The normalized spacial score (nSPS) is 13.6. The molecule has 0 radical (unpaired) electrons. The lowest BCUT2D eigenvalue weighted by molar-refractivity contribution is -0.117. The van der Waals surface area contributed by atoms with Crippen LogP contribution < -0.4 is 4.90 Å². The third-order valence-corrected chi connectivity index (χ3v) is 3.63. The fourth-order valence-corrected chi connectivity index (χ4v) is 2.43. The van der Waals surface area contributed by atoms with Crippen LogP contribution in [-0.4, -0.2) is 22.0 Å². The number of aryl methyl sites for hydroxylation is 2. The van der Waals surface area contributed by atoms with Crippen LogP contribution in [0.5, 0.6) is 0 Å². The number of oxazole rings is 1. The number of carbonyl (C=O) groups excluding carboxylic acids is 1. The van der Waals surface area contributed by atoms with Crippen molar-refractivity contribution in [2.75, 3.05) is 4.90 Å². The van der Waals surface area contributed by atoms with E-state index in [-0.39, 0.29) is 24.4 Å². The molecule has 6 nitrogen and oxygen atoms in total. The molecule has 0 unspecified atom stereocenters. The number of amides is 1. The lowest BCUT2D eigenvalue weighted by Crippen LogP contribution is -2.26. The average molecular weight is 286 g/mol. The number of hydrogen-bond donors (Lipinski definition) is 1. The fourth-order valence-electron chi connectivity index (χ4n) is 2.43. The highest BCUT2D eigenvalue weighted by Gasteiger charge is 2.29. The molecule has 0 atom stereocenters. The summed E-state index contributed by atoms with van der Waals surface area (Å²) in [4.78, 5) is 28.9. The first kappa shape index (κ1) is 13.4. The Morgan fingerprint density at radius 2 is 2.19 bits per heavy atom. The quantitative estimate of drug-likeness (QED) is 0.933. The number of rotatable bonds is 3. The van der Waals surface area contributed by atoms with Crippen molar-refractivity contribution in [3.8, 4) is 0 Å². The first-order valence-corrected chi connectivity index (χ1v) is 6.55. The molecule has 1 aliphatic heterocycles. The van der Waals surface area contributed by atoms with Gasteiger partial charge in [0.15, 0.2) is 0 Å². The highest BCUT2D eigenvalue weighted by molar-refractivity contribution is 6.02. The summed E-state index contributed by atoms with van der Waals surface area (Å²) >= 11 is 0. The van der Waals surface area contributed by atoms with Gasteiger partial charge in [0.05, 0.1) is 17.7 Å². The number of carboxylic acids is 1. The average Bonchev–Trinajstić information content (AvgIpc) is 2.90. The molecule has 21 heavy (non-hydrogen) atoms. The third kappa shape index (κ3) is 2.29. The van der Waals surface area contributed by atoms with Crippen LogP contribution in [0.1, 0.15) is 33.3 Å². The van der Waals surface area contributed by atoms with Gasteiger partial charge in [-0.2, -0.15) is 0 Å². The van der Waals surface area contributed by atoms with Crippen molar-refractivity contribution >= 4 is 17.6 Å². The Morgan fingerprint density at radius 1 is 1.43 bits per heavy atom. The zero-order chi connectivity index (χ0) is 15.1. The van der Waals surface area contributed by atoms with E-state index in [2.05, 4.69) is 4.98 Å². The standard InChI is InChI=1S/C15H14N2O4/c1-8-9(2)21-13(16-8)7-17-12-4-3-10(15(19)20)5-11(12)6-14(17)18/h3-5H,6-7H2,1-2H3,(H,19,20). The van der Waals surface area contributed by atoms with Crippen molar-refractivity contribution in [2.24, 2.45) is 0 Å². The van der Waals surface area contributed by atoms with E-state index in [1.807, 2.05) is 13.8 Å². The monoisotopic (exact) mass is 286 g/mol. The van der Waals surface area contributed by atoms with Gasteiger partial charge in [-0.15, -0.1) is 0 Å². The topological polar surface area (TPSA) is 83.6 Å². The van der Waals surface area contributed by atoms with E-state index in [4.69, 9.17) is 9.52 Å². The predicted octanol–water partition coefficient (Wildman–Crippen LogP) is 2.08.